The van der Waals surface area contributed by atoms with Gasteiger partial charge in [-0.1, -0.05) is 19.4 Å². The van der Waals surface area contributed by atoms with Crippen LogP contribution < -0.4 is 0 Å². The number of carbonyl (C=O) groups excluding carboxylic acids is 2. The van der Waals surface area contributed by atoms with Crippen molar-refractivity contribution in [3.63, 3.8) is 0 Å². The number of amides is 2. The largest absolute Gasteiger partial charge is 0.481 e. The first-order chi connectivity index (χ1) is 15.2. The summed E-state index contributed by atoms with van der Waals surface area (Å²) in [5.74, 6) is -3.31. The Morgan fingerprint density at radius 2 is 2.06 bits per heavy atom. The van der Waals surface area contributed by atoms with Gasteiger partial charge in [-0.2, -0.15) is 0 Å². The van der Waals surface area contributed by atoms with Gasteiger partial charge >= 0.3 is 5.97 Å². The molecule has 6 atom stereocenters. The highest BCUT2D eigenvalue weighted by Gasteiger charge is 2.78. The Labute approximate surface area is 190 Å². The van der Waals surface area contributed by atoms with Crippen LogP contribution in [0.2, 0.25) is 0 Å². The minimum Gasteiger partial charge on any atom is -0.481 e. The molecule has 0 radical (unpaired) electrons. The lowest BCUT2D eigenvalue weighted by Crippen LogP contribution is -2.57. The molecule has 3 aliphatic rings. The number of aliphatic hydroxyl groups excluding tert-OH is 1. The zero-order valence-corrected chi connectivity index (χ0v) is 19.6. The van der Waals surface area contributed by atoms with Gasteiger partial charge in [-0.25, -0.2) is 0 Å². The van der Waals surface area contributed by atoms with Crippen molar-refractivity contribution in [2.45, 2.75) is 89.0 Å². The normalized spacial score (nSPS) is 33.9. The quantitative estimate of drug-likeness (QED) is 0.349. The fourth-order valence-electron chi connectivity index (χ4n) is 6.25. The second-order valence-corrected chi connectivity index (χ2v) is 9.80. The minimum absolute atomic E-state index is 0.0308. The lowest BCUT2D eigenvalue weighted by molar-refractivity contribution is -0.156. The fraction of sp³-hybridized carbons (Fsp3) is 0.792. The van der Waals surface area contributed by atoms with Gasteiger partial charge in [0.05, 0.1) is 17.4 Å². The van der Waals surface area contributed by atoms with Gasteiger partial charge in [0.15, 0.2) is 0 Å². The van der Waals surface area contributed by atoms with Crippen molar-refractivity contribution in [1.82, 2.24) is 9.80 Å². The molecule has 0 aromatic carbocycles. The summed E-state index contributed by atoms with van der Waals surface area (Å²) >= 11 is 0. The lowest BCUT2D eigenvalue weighted by Gasteiger charge is -2.39. The van der Waals surface area contributed by atoms with Crippen LogP contribution in [0.4, 0.5) is 0 Å². The molecule has 3 saturated heterocycles. The number of unbranched alkanes of at least 4 members (excludes halogenated alkanes) is 2. The lowest BCUT2D eigenvalue weighted by atomic mass is 9.66. The number of likely N-dealkylation sites (tertiary alicyclic amines) is 1. The molecule has 0 aromatic heterocycles. The Morgan fingerprint density at radius 1 is 1.34 bits per heavy atom. The molecule has 8 heteroatoms. The van der Waals surface area contributed by atoms with Crippen LogP contribution in [0.1, 0.15) is 65.7 Å². The highest BCUT2D eigenvalue weighted by Crippen LogP contribution is 2.63. The number of ether oxygens (including phenoxy) is 1. The predicted molar refractivity (Wildman–Crippen MR) is 119 cm³/mol. The van der Waals surface area contributed by atoms with Crippen LogP contribution in [0, 0.1) is 11.8 Å². The van der Waals surface area contributed by atoms with Crippen molar-refractivity contribution >= 4 is 17.8 Å². The molecule has 3 aliphatic heterocycles. The average molecular weight is 451 g/mol. The maximum atomic E-state index is 14.0. The van der Waals surface area contributed by atoms with Crippen molar-refractivity contribution < 1.29 is 29.3 Å². The summed E-state index contributed by atoms with van der Waals surface area (Å²) in [6, 6.07) is -0.865. The van der Waals surface area contributed by atoms with Crippen molar-refractivity contribution in [2.24, 2.45) is 11.8 Å². The summed E-state index contributed by atoms with van der Waals surface area (Å²) in [6.07, 6.45) is 6.43. The molecule has 3 rings (SSSR count). The summed E-state index contributed by atoms with van der Waals surface area (Å²) in [6.45, 7) is 10.4. The molecular formula is C24H38N2O6. The first-order valence-electron chi connectivity index (χ1n) is 11.9. The van der Waals surface area contributed by atoms with Gasteiger partial charge in [0, 0.05) is 25.7 Å². The monoisotopic (exact) mass is 450 g/mol. The van der Waals surface area contributed by atoms with Crippen LogP contribution in [0.25, 0.3) is 0 Å². The Kier molecular flexibility index (Phi) is 7.34. The van der Waals surface area contributed by atoms with Crippen LogP contribution in [0.15, 0.2) is 12.7 Å². The minimum atomic E-state index is -1.10. The number of fused-ring (bicyclic) bond motifs is 1. The third-order valence-corrected chi connectivity index (χ3v) is 7.68. The highest BCUT2D eigenvalue weighted by molar-refractivity contribution is 5.98. The maximum Gasteiger partial charge on any atom is 0.310 e. The van der Waals surface area contributed by atoms with Crippen LogP contribution in [-0.2, 0) is 19.1 Å². The van der Waals surface area contributed by atoms with E-state index < -0.39 is 35.0 Å². The molecular weight excluding hydrogens is 412 g/mol. The molecule has 2 amide bonds. The summed E-state index contributed by atoms with van der Waals surface area (Å²) in [5, 5.41) is 19.1. The SMILES string of the molecule is C=CCN(C(=O)C1N(CCCCCO)C(=O)[C@@H]2[C@@H](C(=O)O)[C@@]3(C)CCC12O3)C(C)CCC. The van der Waals surface area contributed by atoms with Crippen LogP contribution >= 0.6 is 0 Å². The number of carboxylic acid groups (broad SMARTS) is 1. The first-order valence-corrected chi connectivity index (χ1v) is 11.9. The Bertz CT molecular complexity index is 757. The number of nitrogens with zero attached hydrogens (tertiary/aromatic N) is 2. The third-order valence-electron chi connectivity index (χ3n) is 7.68. The summed E-state index contributed by atoms with van der Waals surface area (Å²) in [5.41, 5.74) is -2.04. The zero-order chi connectivity index (χ0) is 23.7. The van der Waals surface area contributed by atoms with Crippen molar-refractivity contribution in [1.29, 1.82) is 0 Å². The number of rotatable bonds is 12. The van der Waals surface area contributed by atoms with Crippen molar-refractivity contribution in [3.05, 3.63) is 12.7 Å². The van der Waals surface area contributed by atoms with Crippen LogP contribution in [0.3, 0.4) is 0 Å². The molecule has 0 aromatic rings. The van der Waals surface area contributed by atoms with E-state index in [0.717, 1.165) is 19.3 Å². The molecule has 32 heavy (non-hydrogen) atoms. The molecule has 1 spiro atoms. The average Bonchev–Trinajstić information content (AvgIpc) is 3.30. The molecule has 0 aliphatic carbocycles. The Hall–Kier alpha value is -1.93. The first kappa shape index (κ1) is 24.7. The van der Waals surface area contributed by atoms with E-state index in [1.54, 1.807) is 22.8 Å². The maximum absolute atomic E-state index is 14.0. The summed E-state index contributed by atoms with van der Waals surface area (Å²) in [4.78, 5) is 43.2. The summed E-state index contributed by atoms with van der Waals surface area (Å²) in [7, 11) is 0. The molecule has 8 nitrogen and oxygen atoms in total. The third kappa shape index (κ3) is 3.85. The number of aliphatic carboxylic acids is 1. The van der Waals surface area contributed by atoms with Crippen molar-refractivity contribution in [3.8, 4) is 0 Å². The smallest absolute Gasteiger partial charge is 0.310 e. The standard InChI is InChI=1S/C24H38N2O6/c1-5-10-16(3)25(13-6-2)21(29)19-24-12-11-23(4,32-24)18(22(30)31)17(24)20(28)26(19)14-8-7-9-15-27/h6,16-19,27H,2,5,7-15H2,1,3-4H3,(H,30,31)/t16?,17-,18-,19?,23+,24?/m0/s1. The van der Waals surface area contributed by atoms with Gasteiger partial charge in [0.1, 0.15) is 11.6 Å². The number of aliphatic hydroxyl groups is 1. The molecule has 3 fully saturated rings. The van der Waals surface area contributed by atoms with E-state index in [-0.39, 0.29) is 24.5 Å². The van der Waals surface area contributed by atoms with Gasteiger partial charge in [-0.3, -0.25) is 14.4 Å². The van der Waals surface area contributed by atoms with E-state index in [2.05, 4.69) is 13.5 Å². The molecule has 180 valence electrons. The number of hydrogen-bond donors (Lipinski definition) is 2. The van der Waals surface area contributed by atoms with E-state index in [9.17, 15) is 19.5 Å². The molecule has 2 N–H and O–H groups in total. The van der Waals surface area contributed by atoms with E-state index in [1.807, 2.05) is 6.92 Å². The molecule has 2 bridgehead atoms. The number of hydrogen-bond acceptors (Lipinski definition) is 5. The van der Waals surface area contributed by atoms with Crippen LogP contribution in [0.5, 0.6) is 0 Å². The predicted octanol–water partition coefficient (Wildman–Crippen LogP) is 2.20. The summed E-state index contributed by atoms with van der Waals surface area (Å²) < 4.78 is 6.42. The topological polar surface area (TPSA) is 107 Å². The highest BCUT2D eigenvalue weighted by atomic mass is 16.5. The van der Waals surface area contributed by atoms with Gasteiger partial charge in [-0.05, 0) is 52.4 Å². The van der Waals surface area contributed by atoms with Crippen LogP contribution in [-0.4, -0.2) is 80.8 Å². The number of carbonyl (C=O) groups is 3. The van der Waals surface area contributed by atoms with Gasteiger partial charge in [0.2, 0.25) is 11.8 Å². The van der Waals surface area contributed by atoms with E-state index in [0.29, 0.717) is 38.8 Å². The van der Waals surface area contributed by atoms with E-state index >= 15 is 0 Å². The van der Waals surface area contributed by atoms with Crippen molar-refractivity contribution in [2.75, 3.05) is 19.7 Å². The number of carboxylic acids is 1. The van der Waals surface area contributed by atoms with E-state index in [1.165, 1.54) is 0 Å². The second kappa shape index (κ2) is 9.51. The van der Waals surface area contributed by atoms with Gasteiger partial charge < -0.3 is 24.7 Å². The fourth-order valence-corrected chi connectivity index (χ4v) is 6.25. The second-order valence-electron chi connectivity index (χ2n) is 9.80. The zero-order valence-electron chi connectivity index (χ0n) is 19.6. The molecule has 3 unspecified atom stereocenters. The Balaban J connectivity index is 2.00. The molecule has 3 heterocycles. The van der Waals surface area contributed by atoms with E-state index in [4.69, 9.17) is 9.84 Å². The van der Waals surface area contributed by atoms with Gasteiger partial charge in [-0.15, -0.1) is 6.58 Å². The Morgan fingerprint density at radius 3 is 2.66 bits per heavy atom. The molecule has 0 saturated carbocycles. The van der Waals surface area contributed by atoms with Gasteiger partial charge in [0.25, 0.3) is 0 Å².